The smallest absolute Gasteiger partial charge is 0.0589 e. The van der Waals surface area contributed by atoms with Crippen molar-refractivity contribution in [3.05, 3.63) is 0 Å². The van der Waals surface area contributed by atoms with Crippen LogP contribution in [0.15, 0.2) is 0 Å². The van der Waals surface area contributed by atoms with E-state index in [4.69, 9.17) is 4.74 Å². The van der Waals surface area contributed by atoms with Crippen LogP contribution in [0.3, 0.4) is 0 Å². The summed E-state index contributed by atoms with van der Waals surface area (Å²) in [6, 6.07) is 1.44. The molecule has 1 aliphatic carbocycles. The van der Waals surface area contributed by atoms with Gasteiger partial charge in [-0.2, -0.15) is 0 Å². The second-order valence-corrected chi connectivity index (χ2v) is 4.15. The molecular formula is C11H24N2O. The zero-order chi connectivity index (χ0) is 10.4. The van der Waals surface area contributed by atoms with Gasteiger partial charge in [0, 0.05) is 32.3 Å². The molecule has 1 rings (SSSR count). The van der Waals surface area contributed by atoms with Crippen molar-refractivity contribution in [1.82, 2.24) is 10.2 Å². The van der Waals surface area contributed by atoms with Crippen LogP contribution < -0.4 is 5.32 Å². The molecule has 0 radical (unpaired) electrons. The molecule has 0 aromatic carbocycles. The first kappa shape index (κ1) is 12.0. The van der Waals surface area contributed by atoms with Gasteiger partial charge in [-0.3, -0.25) is 4.90 Å². The molecule has 1 N–H and O–H groups in total. The minimum absolute atomic E-state index is 0.621. The van der Waals surface area contributed by atoms with Crippen LogP contribution in [0.4, 0.5) is 0 Å². The Morgan fingerprint density at radius 1 is 1.50 bits per heavy atom. The first-order valence-electron chi connectivity index (χ1n) is 5.74. The molecule has 0 aliphatic heterocycles. The highest BCUT2D eigenvalue weighted by molar-refractivity contribution is 4.82. The van der Waals surface area contributed by atoms with Crippen molar-refractivity contribution in [2.75, 3.05) is 33.4 Å². The summed E-state index contributed by atoms with van der Waals surface area (Å²) in [7, 11) is 1.76. The van der Waals surface area contributed by atoms with Crippen LogP contribution in [-0.4, -0.2) is 50.3 Å². The number of hydrogen-bond acceptors (Lipinski definition) is 3. The van der Waals surface area contributed by atoms with Crippen molar-refractivity contribution >= 4 is 0 Å². The predicted molar refractivity (Wildman–Crippen MR) is 59.6 cm³/mol. The molecule has 84 valence electrons. The first-order chi connectivity index (χ1) is 6.77. The van der Waals surface area contributed by atoms with E-state index in [9.17, 15) is 0 Å². The van der Waals surface area contributed by atoms with E-state index in [0.717, 1.165) is 32.3 Å². The molecule has 0 spiro atoms. The summed E-state index contributed by atoms with van der Waals surface area (Å²) in [5.74, 6) is 0. The Balaban J connectivity index is 2.12. The van der Waals surface area contributed by atoms with E-state index in [1.807, 2.05) is 0 Å². The van der Waals surface area contributed by atoms with Gasteiger partial charge in [0.15, 0.2) is 0 Å². The van der Waals surface area contributed by atoms with Crippen molar-refractivity contribution in [3.63, 3.8) is 0 Å². The minimum atomic E-state index is 0.621. The Hall–Kier alpha value is -0.120. The Labute approximate surface area is 87.8 Å². The molecule has 1 unspecified atom stereocenters. The first-order valence-corrected chi connectivity index (χ1v) is 5.74. The number of likely N-dealkylation sites (N-methyl/N-ethyl adjacent to an activating group) is 1. The molecule has 0 heterocycles. The Morgan fingerprint density at radius 2 is 2.21 bits per heavy atom. The number of nitrogens with zero attached hydrogens (tertiary/aromatic N) is 1. The van der Waals surface area contributed by atoms with E-state index in [2.05, 4.69) is 24.1 Å². The largest absolute Gasteiger partial charge is 0.383 e. The summed E-state index contributed by atoms with van der Waals surface area (Å²) in [6.07, 6.45) is 2.74. The highest BCUT2D eigenvalue weighted by Crippen LogP contribution is 2.18. The molecule has 3 heteroatoms. The van der Waals surface area contributed by atoms with Crippen molar-refractivity contribution in [2.45, 2.75) is 38.8 Å². The van der Waals surface area contributed by atoms with Crippen LogP contribution in [0.1, 0.15) is 26.7 Å². The van der Waals surface area contributed by atoms with Gasteiger partial charge in [0.05, 0.1) is 6.61 Å². The topological polar surface area (TPSA) is 24.5 Å². The number of methoxy groups -OCH3 is 1. The third kappa shape index (κ3) is 4.40. The number of rotatable bonds is 8. The molecule has 1 fully saturated rings. The lowest BCUT2D eigenvalue weighted by atomic mass is 10.2. The maximum Gasteiger partial charge on any atom is 0.0589 e. The van der Waals surface area contributed by atoms with Gasteiger partial charge in [0.1, 0.15) is 0 Å². The lowest BCUT2D eigenvalue weighted by Gasteiger charge is -2.27. The van der Waals surface area contributed by atoms with Crippen LogP contribution in [0, 0.1) is 0 Å². The number of nitrogens with one attached hydrogen (secondary N) is 1. The third-order valence-electron chi connectivity index (χ3n) is 2.89. The van der Waals surface area contributed by atoms with E-state index < -0.39 is 0 Å². The van der Waals surface area contributed by atoms with Gasteiger partial charge >= 0.3 is 0 Å². The van der Waals surface area contributed by atoms with Crippen LogP contribution in [-0.2, 0) is 4.74 Å². The maximum absolute atomic E-state index is 5.10. The molecule has 0 aromatic rings. The molecule has 0 aromatic heterocycles. The molecule has 0 saturated heterocycles. The average Bonchev–Trinajstić information content (AvgIpc) is 2.99. The fourth-order valence-electron chi connectivity index (χ4n) is 1.65. The molecule has 14 heavy (non-hydrogen) atoms. The summed E-state index contributed by atoms with van der Waals surface area (Å²) in [5.41, 5.74) is 0. The molecule has 0 bridgehead atoms. The second-order valence-electron chi connectivity index (χ2n) is 4.15. The Bertz CT molecular complexity index is 148. The standard InChI is InChI=1S/C11H24N2O/c1-4-13(7-8-14-3)10(2)9-12-11-5-6-11/h10-12H,4-9H2,1-3H3. The van der Waals surface area contributed by atoms with E-state index in [0.29, 0.717) is 6.04 Å². The van der Waals surface area contributed by atoms with E-state index in [1.165, 1.54) is 12.8 Å². The fraction of sp³-hybridized carbons (Fsp3) is 1.00. The zero-order valence-corrected chi connectivity index (χ0v) is 9.75. The summed E-state index contributed by atoms with van der Waals surface area (Å²) in [5, 5.41) is 3.57. The molecule has 1 saturated carbocycles. The summed E-state index contributed by atoms with van der Waals surface area (Å²) in [6.45, 7) is 8.60. The van der Waals surface area contributed by atoms with Gasteiger partial charge in [-0.15, -0.1) is 0 Å². The number of ether oxygens (including phenoxy) is 1. The maximum atomic E-state index is 5.10. The van der Waals surface area contributed by atoms with Crippen molar-refractivity contribution in [3.8, 4) is 0 Å². The van der Waals surface area contributed by atoms with Crippen molar-refractivity contribution in [1.29, 1.82) is 0 Å². The van der Waals surface area contributed by atoms with Gasteiger partial charge in [0.25, 0.3) is 0 Å². The third-order valence-corrected chi connectivity index (χ3v) is 2.89. The SMILES string of the molecule is CCN(CCOC)C(C)CNC1CC1. The highest BCUT2D eigenvalue weighted by atomic mass is 16.5. The molecular weight excluding hydrogens is 176 g/mol. The Kier molecular flexibility index (Phi) is 5.45. The van der Waals surface area contributed by atoms with Gasteiger partial charge in [-0.1, -0.05) is 6.92 Å². The lowest BCUT2D eigenvalue weighted by Crippen LogP contribution is -2.42. The van der Waals surface area contributed by atoms with E-state index in [1.54, 1.807) is 7.11 Å². The normalized spacial score (nSPS) is 18.9. The summed E-state index contributed by atoms with van der Waals surface area (Å²) < 4.78 is 5.10. The highest BCUT2D eigenvalue weighted by Gasteiger charge is 2.22. The summed E-state index contributed by atoms with van der Waals surface area (Å²) in [4.78, 5) is 2.46. The van der Waals surface area contributed by atoms with Crippen molar-refractivity contribution in [2.24, 2.45) is 0 Å². The molecule has 0 amide bonds. The quantitative estimate of drug-likeness (QED) is 0.635. The van der Waals surface area contributed by atoms with Gasteiger partial charge in [-0.05, 0) is 26.3 Å². The van der Waals surface area contributed by atoms with Crippen LogP contribution in [0.5, 0.6) is 0 Å². The van der Waals surface area contributed by atoms with Crippen LogP contribution in [0.2, 0.25) is 0 Å². The van der Waals surface area contributed by atoms with Gasteiger partial charge in [-0.25, -0.2) is 0 Å². The second kappa shape index (κ2) is 6.38. The van der Waals surface area contributed by atoms with Crippen LogP contribution >= 0.6 is 0 Å². The zero-order valence-electron chi connectivity index (χ0n) is 9.75. The monoisotopic (exact) mass is 200 g/mol. The molecule has 3 nitrogen and oxygen atoms in total. The average molecular weight is 200 g/mol. The van der Waals surface area contributed by atoms with E-state index in [-0.39, 0.29) is 0 Å². The van der Waals surface area contributed by atoms with Gasteiger partial charge in [0.2, 0.25) is 0 Å². The minimum Gasteiger partial charge on any atom is -0.383 e. The van der Waals surface area contributed by atoms with Crippen LogP contribution in [0.25, 0.3) is 0 Å². The fourth-order valence-corrected chi connectivity index (χ4v) is 1.65. The lowest BCUT2D eigenvalue weighted by molar-refractivity contribution is 0.128. The predicted octanol–water partition coefficient (Wildman–Crippen LogP) is 1.10. The molecule has 1 aliphatic rings. The van der Waals surface area contributed by atoms with Crippen molar-refractivity contribution < 1.29 is 4.74 Å². The Morgan fingerprint density at radius 3 is 2.71 bits per heavy atom. The summed E-state index contributed by atoms with van der Waals surface area (Å²) >= 11 is 0. The van der Waals surface area contributed by atoms with Gasteiger partial charge < -0.3 is 10.1 Å². The number of hydrogen-bond donors (Lipinski definition) is 1. The van der Waals surface area contributed by atoms with E-state index >= 15 is 0 Å². The molecule has 1 atom stereocenters.